The summed E-state index contributed by atoms with van der Waals surface area (Å²) < 4.78 is 24.4. The molecule has 0 aliphatic heterocycles. The van der Waals surface area contributed by atoms with Crippen LogP contribution in [0.4, 0.5) is 0 Å². The lowest BCUT2D eigenvalue weighted by Crippen LogP contribution is -2.13. The molecule has 6 aromatic carbocycles. The van der Waals surface area contributed by atoms with Crippen molar-refractivity contribution in [3.63, 3.8) is 0 Å². The van der Waals surface area contributed by atoms with Gasteiger partial charge in [0.15, 0.2) is 10.9 Å². The Morgan fingerprint density at radius 3 is 1.22 bits per heavy atom. The lowest BCUT2D eigenvalue weighted by atomic mass is 10.1. The van der Waals surface area contributed by atoms with Crippen LogP contribution in [0.25, 0.3) is 43.1 Å². The van der Waals surface area contributed by atoms with Crippen molar-refractivity contribution in [2.24, 2.45) is 0 Å². The second-order valence-electron chi connectivity index (χ2n) is 8.57. The minimum Gasteiger partial charge on any atom is -0.736 e. The molecule has 0 aromatic heterocycles. The highest BCUT2D eigenvalue weighted by Gasteiger charge is 2.19. The van der Waals surface area contributed by atoms with E-state index in [1.807, 2.05) is 0 Å². The summed E-state index contributed by atoms with van der Waals surface area (Å²) >= 11 is 0. The van der Waals surface area contributed by atoms with Gasteiger partial charge in [0.05, 0.1) is 0 Å². The molecule has 0 atom stereocenters. The molecule has 0 radical (unpaired) electrons. The van der Waals surface area contributed by atoms with Gasteiger partial charge in [0, 0.05) is 32.3 Å². The Morgan fingerprint density at radius 1 is 0.486 bits per heavy atom. The SMILES string of the molecule is O=c1c2ccccc2cc(OP(=O)([O-])Oc2cc3ccccc3c(=O)c3ccccc23)c2ccccc12. The molecule has 0 heterocycles. The maximum atomic E-state index is 13.3. The molecule has 0 aliphatic carbocycles. The average molecular weight is 505 g/mol. The molecule has 0 N–H and O–H groups in total. The van der Waals surface area contributed by atoms with Gasteiger partial charge in [0.25, 0.3) is 0 Å². The number of phosphoric acid groups is 1. The molecule has 180 valence electrons. The highest BCUT2D eigenvalue weighted by Crippen LogP contribution is 2.44. The minimum absolute atomic E-state index is 0.0359. The summed E-state index contributed by atoms with van der Waals surface area (Å²) in [7, 11) is -5.05. The van der Waals surface area contributed by atoms with Crippen LogP contribution in [-0.4, -0.2) is 0 Å². The predicted molar refractivity (Wildman–Crippen MR) is 144 cm³/mol. The molecule has 0 aliphatic rings. The van der Waals surface area contributed by atoms with Gasteiger partial charge in [-0.2, -0.15) is 0 Å². The Labute approximate surface area is 210 Å². The Kier molecular flexibility index (Phi) is 5.49. The van der Waals surface area contributed by atoms with E-state index in [0.717, 1.165) is 0 Å². The lowest BCUT2D eigenvalue weighted by molar-refractivity contribution is -0.208. The molecule has 7 heteroatoms. The van der Waals surface area contributed by atoms with Crippen molar-refractivity contribution in [1.82, 2.24) is 0 Å². The first-order chi connectivity index (χ1) is 17.9. The van der Waals surface area contributed by atoms with Crippen molar-refractivity contribution < 1.29 is 18.5 Å². The van der Waals surface area contributed by atoms with Crippen LogP contribution in [0.5, 0.6) is 11.5 Å². The topological polar surface area (TPSA) is 92.7 Å². The minimum atomic E-state index is -5.05. The molecular formula is C30H18O6P-. The van der Waals surface area contributed by atoms with Crippen molar-refractivity contribution in [3.05, 3.63) is 130 Å². The Bertz CT molecular complexity index is 1890. The average Bonchev–Trinajstić information content (AvgIpc) is 3.10. The number of hydrogen-bond acceptors (Lipinski definition) is 6. The van der Waals surface area contributed by atoms with Gasteiger partial charge in [-0.25, -0.2) is 4.57 Å². The Morgan fingerprint density at radius 2 is 0.811 bits per heavy atom. The van der Waals surface area contributed by atoms with E-state index in [-0.39, 0.29) is 22.4 Å². The van der Waals surface area contributed by atoms with Gasteiger partial charge in [-0.15, -0.1) is 0 Å². The molecule has 0 fully saturated rings. The molecule has 0 saturated heterocycles. The smallest absolute Gasteiger partial charge is 0.372 e. The van der Waals surface area contributed by atoms with Crippen molar-refractivity contribution in [2.45, 2.75) is 0 Å². The molecule has 6 aromatic rings. The van der Waals surface area contributed by atoms with Crippen molar-refractivity contribution in [2.75, 3.05) is 0 Å². The van der Waals surface area contributed by atoms with Crippen molar-refractivity contribution >= 4 is 50.9 Å². The number of fused-ring (bicyclic) bond motifs is 4. The summed E-state index contributed by atoms with van der Waals surface area (Å²) in [5.41, 5.74) is -0.476. The van der Waals surface area contributed by atoms with Gasteiger partial charge < -0.3 is 13.9 Å². The number of phosphoric ester groups is 1. The summed E-state index contributed by atoms with van der Waals surface area (Å²) in [6.07, 6.45) is 0. The third-order valence-electron chi connectivity index (χ3n) is 6.28. The van der Waals surface area contributed by atoms with Crippen LogP contribution in [0.1, 0.15) is 0 Å². The van der Waals surface area contributed by atoms with Gasteiger partial charge in [0.1, 0.15) is 11.5 Å². The van der Waals surface area contributed by atoms with E-state index >= 15 is 0 Å². The molecule has 0 saturated carbocycles. The monoisotopic (exact) mass is 505 g/mol. The number of benzene rings is 4. The summed E-state index contributed by atoms with van der Waals surface area (Å²) in [5, 5.41) is 3.22. The van der Waals surface area contributed by atoms with E-state index < -0.39 is 7.82 Å². The molecule has 0 amide bonds. The predicted octanol–water partition coefficient (Wildman–Crippen LogP) is 5.95. The van der Waals surface area contributed by atoms with E-state index in [1.165, 1.54) is 12.1 Å². The lowest BCUT2D eigenvalue weighted by Gasteiger charge is -2.24. The molecule has 0 spiro atoms. The fourth-order valence-electron chi connectivity index (χ4n) is 4.59. The maximum Gasteiger partial charge on any atom is 0.372 e. The third-order valence-corrected chi connectivity index (χ3v) is 7.12. The quantitative estimate of drug-likeness (QED) is 0.275. The van der Waals surface area contributed by atoms with Crippen LogP contribution >= 0.6 is 7.82 Å². The van der Waals surface area contributed by atoms with Gasteiger partial charge in [0.2, 0.25) is 0 Å². The standard InChI is InChI=1S/C30H19O6P/c31-29-21-11-3-1-9-19(21)17-27(23-13-5-7-15-25(23)29)35-37(33,34)36-28-18-20-10-2-4-12-22(20)30(32)26-16-8-6-14-24(26)28/h1-18H,(H,33,34)/p-1. The zero-order valence-corrected chi connectivity index (χ0v) is 20.2. The zero-order valence-electron chi connectivity index (χ0n) is 19.3. The zero-order chi connectivity index (χ0) is 25.6. The molecule has 6 rings (SSSR count). The third kappa shape index (κ3) is 4.12. The van der Waals surface area contributed by atoms with Gasteiger partial charge in [-0.3, -0.25) is 9.59 Å². The first-order valence-electron chi connectivity index (χ1n) is 11.5. The van der Waals surface area contributed by atoms with E-state index in [9.17, 15) is 19.0 Å². The number of hydrogen-bond donors (Lipinski definition) is 0. The van der Waals surface area contributed by atoms with Crippen LogP contribution in [0.2, 0.25) is 0 Å². The van der Waals surface area contributed by atoms with Gasteiger partial charge in [-0.05, 0) is 22.9 Å². The van der Waals surface area contributed by atoms with Crippen molar-refractivity contribution in [1.29, 1.82) is 0 Å². The second-order valence-corrected chi connectivity index (χ2v) is 9.83. The highest BCUT2D eigenvalue weighted by atomic mass is 31.2. The van der Waals surface area contributed by atoms with Crippen LogP contribution in [0.15, 0.2) is 119 Å². The molecular weight excluding hydrogens is 487 g/mol. The van der Waals surface area contributed by atoms with E-state index in [4.69, 9.17) is 9.05 Å². The van der Waals surface area contributed by atoms with E-state index in [0.29, 0.717) is 43.1 Å². The van der Waals surface area contributed by atoms with Crippen molar-refractivity contribution in [3.8, 4) is 11.5 Å². The summed E-state index contributed by atoms with van der Waals surface area (Å²) in [4.78, 5) is 39.7. The maximum absolute atomic E-state index is 13.3. The fraction of sp³-hybridized carbons (Fsp3) is 0. The molecule has 6 nitrogen and oxygen atoms in total. The Balaban J connectivity index is 1.54. The normalized spacial score (nSPS) is 11.7. The van der Waals surface area contributed by atoms with Gasteiger partial charge in [-0.1, -0.05) is 97.1 Å². The van der Waals surface area contributed by atoms with Crippen LogP contribution in [-0.2, 0) is 4.57 Å². The van der Waals surface area contributed by atoms with Crippen LogP contribution in [0.3, 0.4) is 0 Å². The second kappa shape index (κ2) is 8.86. The Hall–Kier alpha value is -4.51. The fourth-order valence-corrected chi connectivity index (χ4v) is 5.41. The van der Waals surface area contributed by atoms with E-state index in [2.05, 4.69) is 0 Å². The summed E-state index contributed by atoms with van der Waals surface area (Å²) in [6.45, 7) is 0. The first kappa shape index (κ1) is 22.9. The largest absolute Gasteiger partial charge is 0.736 e. The molecule has 0 bridgehead atoms. The molecule has 0 unspecified atom stereocenters. The highest BCUT2D eigenvalue weighted by molar-refractivity contribution is 7.46. The number of rotatable bonds is 4. The van der Waals surface area contributed by atoms with E-state index in [1.54, 1.807) is 97.1 Å². The van der Waals surface area contributed by atoms with Crippen LogP contribution < -0.4 is 24.8 Å². The van der Waals surface area contributed by atoms with Crippen LogP contribution in [0, 0.1) is 0 Å². The first-order valence-corrected chi connectivity index (χ1v) is 13.0. The summed E-state index contributed by atoms with van der Waals surface area (Å²) in [5.74, 6) is -0.0718. The molecule has 37 heavy (non-hydrogen) atoms. The summed E-state index contributed by atoms with van der Waals surface area (Å²) in [6, 6.07) is 30.1. The van der Waals surface area contributed by atoms with Gasteiger partial charge >= 0.3 is 7.82 Å².